The van der Waals surface area contributed by atoms with Gasteiger partial charge in [0.1, 0.15) is 0 Å². The molecule has 1 atom stereocenters. The van der Waals surface area contributed by atoms with Crippen LogP contribution in [-0.2, 0) is 6.42 Å². The second-order valence-corrected chi connectivity index (χ2v) is 5.42. The lowest BCUT2D eigenvalue weighted by atomic mass is 9.87. The van der Waals surface area contributed by atoms with Gasteiger partial charge in [-0.1, -0.05) is 25.8 Å². The number of nitrogens with zero attached hydrogens (tertiary/aromatic N) is 2. The van der Waals surface area contributed by atoms with E-state index in [4.69, 9.17) is 0 Å². The van der Waals surface area contributed by atoms with E-state index in [2.05, 4.69) is 28.6 Å². The van der Waals surface area contributed by atoms with Crippen molar-refractivity contribution < 1.29 is 5.11 Å². The molecule has 3 heteroatoms. The van der Waals surface area contributed by atoms with Crippen molar-refractivity contribution >= 4 is 0 Å². The molecule has 1 N–H and O–H groups in total. The van der Waals surface area contributed by atoms with E-state index >= 15 is 0 Å². The molecule has 0 amide bonds. The number of hydrogen-bond donors (Lipinski definition) is 1. The molecule has 1 aliphatic carbocycles. The number of rotatable bonds is 5. The van der Waals surface area contributed by atoms with Gasteiger partial charge in [-0.05, 0) is 18.9 Å². The van der Waals surface area contributed by atoms with Crippen LogP contribution in [-0.4, -0.2) is 21.5 Å². The highest BCUT2D eigenvalue weighted by atomic mass is 16.3. The summed E-state index contributed by atoms with van der Waals surface area (Å²) in [5, 5.41) is 14.0. The minimum atomic E-state index is -0.255. The Kier molecular flexibility index (Phi) is 3.67. The van der Waals surface area contributed by atoms with Gasteiger partial charge < -0.3 is 5.11 Å². The lowest BCUT2D eigenvalue weighted by molar-refractivity contribution is 0.183. The molecule has 1 aliphatic rings. The zero-order valence-corrected chi connectivity index (χ0v) is 10.6. The zero-order valence-electron chi connectivity index (χ0n) is 10.6. The Morgan fingerprint density at radius 3 is 2.88 bits per heavy atom. The van der Waals surface area contributed by atoms with Gasteiger partial charge in [0.05, 0.1) is 18.3 Å². The van der Waals surface area contributed by atoms with Crippen LogP contribution in [0.1, 0.15) is 44.3 Å². The predicted molar refractivity (Wildman–Crippen MR) is 68.8 cm³/mol. The zero-order chi connectivity index (χ0) is 12.3. The molecule has 94 valence electrons. The SMILES string of the molecule is C=CC(C)(CO)Cc1ccn(C2CCCC2)n1. The van der Waals surface area contributed by atoms with E-state index in [9.17, 15) is 5.11 Å². The maximum atomic E-state index is 9.36. The molecule has 1 fully saturated rings. The Balaban J connectivity index is 2.05. The normalized spacial score (nSPS) is 20.4. The maximum absolute atomic E-state index is 9.36. The Labute approximate surface area is 103 Å². The van der Waals surface area contributed by atoms with Crippen molar-refractivity contribution in [2.45, 2.75) is 45.1 Å². The highest BCUT2D eigenvalue weighted by Crippen LogP contribution is 2.29. The quantitative estimate of drug-likeness (QED) is 0.795. The Morgan fingerprint density at radius 2 is 2.29 bits per heavy atom. The molecule has 1 heterocycles. The highest BCUT2D eigenvalue weighted by molar-refractivity contribution is 5.07. The van der Waals surface area contributed by atoms with E-state index in [0.29, 0.717) is 6.04 Å². The predicted octanol–water partition coefficient (Wildman–Crippen LogP) is 2.73. The monoisotopic (exact) mass is 234 g/mol. The van der Waals surface area contributed by atoms with E-state index in [1.165, 1.54) is 25.7 Å². The van der Waals surface area contributed by atoms with Gasteiger partial charge in [0.2, 0.25) is 0 Å². The van der Waals surface area contributed by atoms with Crippen molar-refractivity contribution in [1.29, 1.82) is 0 Å². The van der Waals surface area contributed by atoms with Gasteiger partial charge in [0.25, 0.3) is 0 Å². The lowest BCUT2D eigenvalue weighted by Crippen LogP contribution is -2.21. The third kappa shape index (κ3) is 2.78. The summed E-state index contributed by atoms with van der Waals surface area (Å²) in [6.45, 7) is 5.92. The first-order valence-corrected chi connectivity index (χ1v) is 6.45. The molecule has 0 aliphatic heterocycles. The Bertz CT molecular complexity index is 379. The summed E-state index contributed by atoms with van der Waals surface area (Å²) < 4.78 is 2.10. The van der Waals surface area contributed by atoms with E-state index in [1.807, 2.05) is 13.0 Å². The van der Waals surface area contributed by atoms with Crippen LogP contribution in [0.15, 0.2) is 24.9 Å². The molecular formula is C14H22N2O. The van der Waals surface area contributed by atoms with Crippen LogP contribution in [0.3, 0.4) is 0 Å². The van der Waals surface area contributed by atoms with Crippen LogP contribution in [0.25, 0.3) is 0 Å². The molecule has 1 unspecified atom stereocenters. The molecule has 2 rings (SSSR count). The molecule has 0 aromatic carbocycles. The van der Waals surface area contributed by atoms with Gasteiger partial charge >= 0.3 is 0 Å². The molecule has 1 aromatic heterocycles. The average molecular weight is 234 g/mol. The van der Waals surface area contributed by atoms with Gasteiger partial charge in [-0.3, -0.25) is 4.68 Å². The Morgan fingerprint density at radius 1 is 1.59 bits per heavy atom. The van der Waals surface area contributed by atoms with E-state index < -0.39 is 0 Å². The second-order valence-electron chi connectivity index (χ2n) is 5.42. The highest BCUT2D eigenvalue weighted by Gasteiger charge is 2.22. The third-order valence-electron chi connectivity index (χ3n) is 3.80. The minimum Gasteiger partial charge on any atom is -0.395 e. The number of aliphatic hydroxyl groups is 1. The molecule has 1 aromatic rings. The largest absolute Gasteiger partial charge is 0.395 e. The van der Waals surface area contributed by atoms with Crippen LogP contribution in [0.2, 0.25) is 0 Å². The fourth-order valence-corrected chi connectivity index (χ4v) is 2.45. The van der Waals surface area contributed by atoms with Gasteiger partial charge in [-0.25, -0.2) is 0 Å². The summed E-state index contributed by atoms with van der Waals surface area (Å²) in [5.41, 5.74) is 0.794. The summed E-state index contributed by atoms with van der Waals surface area (Å²) in [6.07, 6.45) is 9.79. The van der Waals surface area contributed by atoms with Crippen LogP contribution >= 0.6 is 0 Å². The van der Waals surface area contributed by atoms with Crippen molar-refractivity contribution in [3.8, 4) is 0 Å². The van der Waals surface area contributed by atoms with Crippen LogP contribution in [0.4, 0.5) is 0 Å². The van der Waals surface area contributed by atoms with Gasteiger partial charge in [0, 0.05) is 18.0 Å². The van der Waals surface area contributed by atoms with Gasteiger partial charge in [-0.15, -0.1) is 6.58 Å². The summed E-state index contributed by atoms with van der Waals surface area (Å²) in [5.74, 6) is 0. The number of aromatic nitrogens is 2. The first-order valence-electron chi connectivity index (χ1n) is 6.45. The first-order chi connectivity index (χ1) is 8.17. The molecule has 3 nitrogen and oxygen atoms in total. The summed E-state index contributed by atoms with van der Waals surface area (Å²) >= 11 is 0. The van der Waals surface area contributed by atoms with E-state index in [-0.39, 0.29) is 12.0 Å². The number of aliphatic hydroxyl groups excluding tert-OH is 1. The van der Waals surface area contributed by atoms with Crippen LogP contribution < -0.4 is 0 Å². The van der Waals surface area contributed by atoms with E-state index in [0.717, 1.165) is 12.1 Å². The molecule has 0 bridgehead atoms. The van der Waals surface area contributed by atoms with Crippen molar-refractivity contribution in [2.24, 2.45) is 5.41 Å². The number of hydrogen-bond acceptors (Lipinski definition) is 2. The topological polar surface area (TPSA) is 38.0 Å². The van der Waals surface area contributed by atoms with Crippen molar-refractivity contribution in [2.75, 3.05) is 6.61 Å². The first kappa shape index (κ1) is 12.4. The van der Waals surface area contributed by atoms with Gasteiger partial charge in [0.15, 0.2) is 0 Å². The standard InChI is InChI=1S/C14H22N2O/c1-3-14(2,11-17)10-12-8-9-16(15-12)13-6-4-5-7-13/h3,8-9,13,17H,1,4-7,10-11H2,2H3. The van der Waals surface area contributed by atoms with Crippen LogP contribution in [0.5, 0.6) is 0 Å². The van der Waals surface area contributed by atoms with Gasteiger partial charge in [-0.2, -0.15) is 5.10 Å². The molecule has 0 spiro atoms. The van der Waals surface area contributed by atoms with Crippen LogP contribution in [0, 0.1) is 5.41 Å². The fourth-order valence-electron chi connectivity index (χ4n) is 2.45. The summed E-state index contributed by atoms with van der Waals surface area (Å²) in [7, 11) is 0. The Hall–Kier alpha value is -1.09. The van der Waals surface area contributed by atoms with E-state index in [1.54, 1.807) is 0 Å². The molecule has 17 heavy (non-hydrogen) atoms. The molecule has 1 saturated carbocycles. The van der Waals surface area contributed by atoms with Crippen molar-refractivity contribution in [1.82, 2.24) is 9.78 Å². The molecular weight excluding hydrogens is 212 g/mol. The smallest absolute Gasteiger partial charge is 0.0634 e. The average Bonchev–Trinajstić information content (AvgIpc) is 2.98. The minimum absolute atomic E-state index is 0.118. The maximum Gasteiger partial charge on any atom is 0.0634 e. The lowest BCUT2D eigenvalue weighted by Gasteiger charge is -2.21. The van der Waals surface area contributed by atoms with Crippen molar-refractivity contribution in [3.05, 3.63) is 30.6 Å². The van der Waals surface area contributed by atoms with Crippen molar-refractivity contribution in [3.63, 3.8) is 0 Å². The third-order valence-corrected chi connectivity index (χ3v) is 3.80. The molecule has 0 radical (unpaired) electrons. The molecule has 0 saturated heterocycles. The summed E-state index contributed by atoms with van der Waals surface area (Å²) in [4.78, 5) is 0. The fraction of sp³-hybridized carbons (Fsp3) is 0.643. The summed E-state index contributed by atoms with van der Waals surface area (Å²) in [6, 6.07) is 2.66. The second kappa shape index (κ2) is 5.05.